The first-order valence-electron chi connectivity index (χ1n) is 12.4. The zero-order valence-electron chi connectivity index (χ0n) is 20.7. The molecule has 3 amide bonds. The third-order valence-electron chi connectivity index (χ3n) is 5.97. The van der Waals surface area contributed by atoms with Crippen LogP contribution >= 0.6 is 11.3 Å². The molecule has 8 nitrogen and oxygen atoms in total. The Labute approximate surface area is 220 Å². The number of hydrogen-bond acceptors (Lipinski definition) is 6. The Bertz CT molecular complexity index is 1180. The summed E-state index contributed by atoms with van der Waals surface area (Å²) in [6, 6.07) is 18.7. The molecule has 2 aromatic carbocycles. The third-order valence-corrected chi connectivity index (χ3v) is 6.84. The van der Waals surface area contributed by atoms with Crippen LogP contribution in [0, 0.1) is 0 Å². The van der Waals surface area contributed by atoms with Gasteiger partial charge in [-0.05, 0) is 48.9 Å². The van der Waals surface area contributed by atoms with Crippen molar-refractivity contribution in [3.63, 3.8) is 0 Å². The lowest BCUT2D eigenvalue weighted by Crippen LogP contribution is -2.48. The molecule has 9 heteroatoms. The van der Waals surface area contributed by atoms with E-state index in [1.165, 1.54) is 16.2 Å². The minimum atomic E-state index is -0.967. The van der Waals surface area contributed by atoms with Gasteiger partial charge < -0.3 is 20.1 Å². The molecule has 0 radical (unpaired) electrons. The predicted molar refractivity (Wildman–Crippen MR) is 143 cm³/mol. The molecule has 37 heavy (non-hydrogen) atoms. The normalized spacial score (nSPS) is 15.5. The number of carbonyl (C=O) groups is 3. The molecule has 3 aromatic rings. The van der Waals surface area contributed by atoms with Crippen LogP contribution in [0.4, 0.5) is 5.69 Å². The summed E-state index contributed by atoms with van der Waals surface area (Å²) in [6.07, 6.45) is 1.79. The van der Waals surface area contributed by atoms with E-state index in [-0.39, 0.29) is 24.5 Å². The topological polar surface area (TPSA) is 97.0 Å². The molecule has 2 heterocycles. The van der Waals surface area contributed by atoms with E-state index < -0.39 is 11.9 Å². The lowest BCUT2D eigenvalue weighted by Gasteiger charge is -2.32. The maximum absolute atomic E-state index is 13.7. The number of nitrogens with zero attached hydrogens (tertiary/aromatic N) is 1. The van der Waals surface area contributed by atoms with E-state index in [1.807, 2.05) is 37.3 Å². The molecular weight excluding hydrogens is 490 g/mol. The summed E-state index contributed by atoms with van der Waals surface area (Å²) in [5, 5.41) is 7.47. The number of ether oxygens (including phenoxy) is 2. The molecule has 1 fully saturated rings. The summed E-state index contributed by atoms with van der Waals surface area (Å²) in [6.45, 7) is 3.09. The van der Waals surface area contributed by atoms with Gasteiger partial charge in [0.15, 0.2) is 0 Å². The van der Waals surface area contributed by atoms with Crippen molar-refractivity contribution in [3.8, 4) is 5.75 Å². The first kappa shape index (κ1) is 26.4. The van der Waals surface area contributed by atoms with Crippen LogP contribution in [0.1, 0.15) is 41.0 Å². The summed E-state index contributed by atoms with van der Waals surface area (Å²) in [5.41, 5.74) is 1.13. The Morgan fingerprint density at radius 2 is 1.92 bits per heavy atom. The van der Waals surface area contributed by atoms with Gasteiger partial charge in [-0.25, -0.2) is 0 Å². The predicted octanol–water partition coefficient (Wildman–Crippen LogP) is 3.95. The summed E-state index contributed by atoms with van der Waals surface area (Å²) in [4.78, 5) is 41.9. The van der Waals surface area contributed by atoms with Gasteiger partial charge in [0.2, 0.25) is 11.8 Å². The number of nitrogens with one attached hydrogen (secondary N) is 2. The zero-order valence-corrected chi connectivity index (χ0v) is 21.5. The molecule has 1 saturated heterocycles. The smallest absolute Gasteiger partial charge is 0.261 e. The van der Waals surface area contributed by atoms with Crippen molar-refractivity contribution in [2.24, 2.45) is 0 Å². The fraction of sp³-hybridized carbons (Fsp3) is 0.321. The van der Waals surface area contributed by atoms with Crippen molar-refractivity contribution >= 4 is 34.7 Å². The fourth-order valence-corrected chi connectivity index (χ4v) is 4.87. The van der Waals surface area contributed by atoms with Crippen LogP contribution in [0.3, 0.4) is 0 Å². The van der Waals surface area contributed by atoms with Crippen molar-refractivity contribution < 1.29 is 23.9 Å². The van der Waals surface area contributed by atoms with Crippen LogP contribution in [-0.2, 0) is 14.3 Å². The number of anilines is 1. The highest BCUT2D eigenvalue weighted by atomic mass is 32.1. The van der Waals surface area contributed by atoms with Gasteiger partial charge in [0.05, 0.1) is 24.1 Å². The molecule has 0 saturated carbocycles. The maximum Gasteiger partial charge on any atom is 0.261 e. The summed E-state index contributed by atoms with van der Waals surface area (Å²) in [7, 11) is 0. The molecule has 0 bridgehead atoms. The van der Waals surface area contributed by atoms with Gasteiger partial charge in [-0.1, -0.05) is 42.5 Å². The van der Waals surface area contributed by atoms with Gasteiger partial charge in [-0.2, -0.15) is 0 Å². The Morgan fingerprint density at radius 3 is 2.62 bits per heavy atom. The number of thiophene rings is 1. The molecule has 1 aromatic heterocycles. The number of carbonyl (C=O) groups excluding carboxylic acids is 3. The highest BCUT2D eigenvalue weighted by Gasteiger charge is 2.33. The second-order valence-electron chi connectivity index (χ2n) is 8.55. The van der Waals surface area contributed by atoms with Crippen molar-refractivity contribution in [2.45, 2.75) is 31.9 Å². The Hall–Kier alpha value is -3.69. The highest BCUT2D eigenvalue weighted by Crippen LogP contribution is 2.30. The number of hydrogen-bond donors (Lipinski definition) is 2. The molecule has 0 unspecified atom stereocenters. The van der Waals surface area contributed by atoms with Crippen molar-refractivity contribution in [1.29, 1.82) is 0 Å². The van der Waals surface area contributed by atoms with E-state index in [9.17, 15) is 14.4 Å². The third kappa shape index (κ3) is 6.96. The minimum absolute atomic E-state index is 0.0455. The van der Waals surface area contributed by atoms with Crippen LogP contribution in [0.5, 0.6) is 5.75 Å². The standard InChI is InChI=1S/C28H31N3O5S/c1-2-35-22-12-6-11-21(17-22)31(25(32)19-30-27(33)24-14-8-16-37-24)26(20-9-4-3-5-10-20)28(34)29-18-23-13-7-15-36-23/h3-6,8-12,14,16-17,23,26H,2,7,13,15,18-19H2,1H3,(H,29,34)(H,30,33)/t23-,26+/m1/s1. The lowest BCUT2D eigenvalue weighted by molar-refractivity contribution is -0.126. The average molecular weight is 522 g/mol. The van der Waals surface area contributed by atoms with E-state index in [0.717, 1.165) is 12.8 Å². The van der Waals surface area contributed by atoms with Gasteiger partial charge in [-0.15, -0.1) is 11.3 Å². The van der Waals surface area contributed by atoms with Gasteiger partial charge in [0.1, 0.15) is 11.8 Å². The van der Waals surface area contributed by atoms with Gasteiger partial charge in [0.25, 0.3) is 5.91 Å². The molecule has 2 atom stereocenters. The second kappa shape index (κ2) is 13.0. The fourth-order valence-electron chi connectivity index (χ4n) is 4.23. The molecule has 194 valence electrons. The van der Waals surface area contributed by atoms with E-state index in [4.69, 9.17) is 9.47 Å². The minimum Gasteiger partial charge on any atom is -0.494 e. The Kier molecular flexibility index (Phi) is 9.29. The van der Waals surface area contributed by atoms with Gasteiger partial charge in [0, 0.05) is 24.9 Å². The molecular formula is C28H31N3O5S. The van der Waals surface area contributed by atoms with Crippen LogP contribution in [0.2, 0.25) is 0 Å². The summed E-state index contributed by atoms with van der Waals surface area (Å²) < 4.78 is 11.3. The molecule has 1 aliphatic heterocycles. The van der Waals surface area contributed by atoms with Gasteiger partial charge >= 0.3 is 0 Å². The number of amides is 3. The van der Waals surface area contributed by atoms with E-state index in [0.29, 0.717) is 41.6 Å². The van der Waals surface area contributed by atoms with Crippen molar-refractivity contribution in [2.75, 3.05) is 31.2 Å². The maximum atomic E-state index is 13.7. The molecule has 2 N–H and O–H groups in total. The van der Waals surface area contributed by atoms with Gasteiger partial charge in [-0.3, -0.25) is 19.3 Å². The van der Waals surface area contributed by atoms with Crippen molar-refractivity contribution in [3.05, 3.63) is 82.6 Å². The number of benzene rings is 2. The molecule has 0 spiro atoms. The van der Waals surface area contributed by atoms with Crippen LogP contribution in [0.25, 0.3) is 0 Å². The largest absolute Gasteiger partial charge is 0.494 e. The van der Waals surface area contributed by atoms with Crippen LogP contribution in [-0.4, -0.2) is 50.1 Å². The second-order valence-corrected chi connectivity index (χ2v) is 9.50. The SMILES string of the molecule is CCOc1cccc(N(C(=O)CNC(=O)c2cccs2)[C@H](C(=O)NC[C@H]2CCCO2)c2ccccc2)c1. The van der Waals surface area contributed by atoms with E-state index in [2.05, 4.69) is 10.6 Å². The zero-order chi connectivity index (χ0) is 26.0. The first-order valence-corrected chi connectivity index (χ1v) is 13.3. The quantitative estimate of drug-likeness (QED) is 0.398. The first-order chi connectivity index (χ1) is 18.1. The summed E-state index contributed by atoms with van der Waals surface area (Å²) in [5.74, 6) is -0.529. The average Bonchev–Trinajstić information content (AvgIpc) is 3.64. The monoisotopic (exact) mass is 521 g/mol. The molecule has 0 aliphatic carbocycles. The van der Waals surface area contributed by atoms with E-state index >= 15 is 0 Å². The molecule has 1 aliphatic rings. The summed E-state index contributed by atoms with van der Waals surface area (Å²) >= 11 is 1.29. The van der Waals surface area contributed by atoms with E-state index in [1.54, 1.807) is 41.8 Å². The number of rotatable bonds is 11. The molecule has 4 rings (SSSR count). The Morgan fingerprint density at radius 1 is 1.08 bits per heavy atom. The van der Waals surface area contributed by atoms with Crippen molar-refractivity contribution in [1.82, 2.24) is 10.6 Å². The lowest BCUT2D eigenvalue weighted by atomic mass is 10.0. The highest BCUT2D eigenvalue weighted by molar-refractivity contribution is 7.12. The Balaban J connectivity index is 1.65. The van der Waals surface area contributed by atoms with Crippen LogP contribution < -0.4 is 20.3 Å². The van der Waals surface area contributed by atoms with Crippen LogP contribution in [0.15, 0.2) is 72.1 Å².